The van der Waals surface area contributed by atoms with Crippen molar-refractivity contribution in [2.24, 2.45) is 4.99 Å². The summed E-state index contributed by atoms with van der Waals surface area (Å²) in [7, 11) is 0. The van der Waals surface area contributed by atoms with Gasteiger partial charge in [0.2, 0.25) is 0 Å². The van der Waals surface area contributed by atoms with Crippen molar-refractivity contribution in [3.63, 3.8) is 0 Å². The van der Waals surface area contributed by atoms with Crippen molar-refractivity contribution >= 4 is 11.6 Å². The topological polar surface area (TPSA) is 30.9 Å². The van der Waals surface area contributed by atoms with Gasteiger partial charge in [-0.3, -0.25) is 4.99 Å². The van der Waals surface area contributed by atoms with Crippen molar-refractivity contribution in [1.82, 2.24) is 10.2 Å². The van der Waals surface area contributed by atoms with Crippen LogP contribution in [0.3, 0.4) is 0 Å². The van der Waals surface area contributed by atoms with Gasteiger partial charge in [-0.1, -0.05) is 0 Å². The Labute approximate surface area is 139 Å². The van der Waals surface area contributed by atoms with Gasteiger partial charge in [0, 0.05) is 38.4 Å². The van der Waals surface area contributed by atoms with Gasteiger partial charge < -0.3 is 15.1 Å². The first-order valence-electron chi connectivity index (χ1n) is 7.99. The standard InChI is InChI=1S/C16H22F4N4/c1-2-21-15(22-8-7-16(18,19)20)24-11-9-23(10-12-24)14-5-3-13(17)4-6-14/h3-6H,2,7-12H2,1H3,(H,21,22). The zero-order chi connectivity index (χ0) is 17.6. The third-order valence-electron chi connectivity index (χ3n) is 3.76. The van der Waals surface area contributed by atoms with Crippen LogP contribution in [0.5, 0.6) is 0 Å². The van der Waals surface area contributed by atoms with E-state index >= 15 is 0 Å². The Bertz CT molecular complexity index is 534. The van der Waals surface area contributed by atoms with Gasteiger partial charge in [0.1, 0.15) is 5.82 Å². The molecule has 1 aromatic carbocycles. The summed E-state index contributed by atoms with van der Waals surface area (Å²) in [6.45, 7) is 4.91. The van der Waals surface area contributed by atoms with Crippen molar-refractivity contribution in [1.29, 1.82) is 0 Å². The highest BCUT2D eigenvalue weighted by Gasteiger charge is 2.26. The van der Waals surface area contributed by atoms with Gasteiger partial charge in [0.15, 0.2) is 5.96 Å². The number of rotatable bonds is 4. The van der Waals surface area contributed by atoms with Gasteiger partial charge in [0.25, 0.3) is 0 Å². The van der Waals surface area contributed by atoms with Crippen molar-refractivity contribution < 1.29 is 17.6 Å². The SMILES string of the molecule is CCNC(=NCCC(F)(F)F)N1CCN(c2ccc(F)cc2)CC1. The van der Waals surface area contributed by atoms with E-state index in [1.54, 1.807) is 12.1 Å². The molecule has 0 aromatic heterocycles. The number of piperazine rings is 1. The summed E-state index contributed by atoms with van der Waals surface area (Å²) in [5, 5.41) is 3.04. The molecule has 0 unspecified atom stereocenters. The Morgan fingerprint density at radius 2 is 1.75 bits per heavy atom. The molecule has 8 heteroatoms. The van der Waals surface area contributed by atoms with Crippen molar-refractivity contribution in [3.8, 4) is 0 Å². The predicted octanol–water partition coefficient (Wildman–Crippen LogP) is 2.87. The van der Waals surface area contributed by atoms with Gasteiger partial charge in [-0.2, -0.15) is 13.2 Å². The number of halogens is 4. The number of nitrogens with one attached hydrogen (secondary N) is 1. The van der Waals surface area contributed by atoms with Crippen LogP contribution in [0.2, 0.25) is 0 Å². The van der Waals surface area contributed by atoms with Gasteiger partial charge >= 0.3 is 6.18 Å². The molecule has 1 saturated heterocycles. The summed E-state index contributed by atoms with van der Waals surface area (Å²) in [6, 6.07) is 6.30. The fourth-order valence-corrected chi connectivity index (χ4v) is 2.54. The van der Waals surface area contributed by atoms with Crippen molar-refractivity contribution in [2.45, 2.75) is 19.5 Å². The maximum Gasteiger partial charge on any atom is 0.390 e. The molecule has 24 heavy (non-hydrogen) atoms. The van der Waals surface area contributed by atoms with E-state index in [1.165, 1.54) is 12.1 Å². The van der Waals surface area contributed by atoms with E-state index in [4.69, 9.17) is 0 Å². The number of hydrogen-bond acceptors (Lipinski definition) is 2. The predicted molar refractivity (Wildman–Crippen MR) is 86.8 cm³/mol. The van der Waals surface area contributed by atoms with Crippen LogP contribution in [0.15, 0.2) is 29.3 Å². The molecule has 134 valence electrons. The van der Waals surface area contributed by atoms with Gasteiger partial charge in [0.05, 0.1) is 13.0 Å². The quantitative estimate of drug-likeness (QED) is 0.517. The molecule has 1 fully saturated rings. The molecule has 2 rings (SSSR count). The largest absolute Gasteiger partial charge is 0.390 e. The molecule has 1 aromatic rings. The average molecular weight is 346 g/mol. The minimum Gasteiger partial charge on any atom is -0.368 e. The van der Waals surface area contributed by atoms with E-state index in [0.717, 1.165) is 5.69 Å². The highest BCUT2D eigenvalue weighted by molar-refractivity contribution is 5.80. The second kappa shape index (κ2) is 8.21. The summed E-state index contributed by atoms with van der Waals surface area (Å²) in [5.74, 6) is 0.240. The summed E-state index contributed by atoms with van der Waals surface area (Å²) >= 11 is 0. The van der Waals surface area contributed by atoms with E-state index in [2.05, 4.69) is 15.2 Å². The van der Waals surface area contributed by atoms with Crippen molar-refractivity contribution in [2.75, 3.05) is 44.2 Å². The first-order chi connectivity index (χ1) is 11.4. The minimum absolute atomic E-state index is 0.274. The minimum atomic E-state index is -4.19. The maximum atomic E-state index is 13.0. The molecule has 1 N–H and O–H groups in total. The maximum absolute atomic E-state index is 13.0. The van der Waals surface area contributed by atoms with Crippen LogP contribution in [-0.4, -0.2) is 56.3 Å². The molecular formula is C16H22F4N4. The molecular weight excluding hydrogens is 324 g/mol. The molecule has 1 heterocycles. The zero-order valence-electron chi connectivity index (χ0n) is 13.6. The Kier molecular flexibility index (Phi) is 6.28. The van der Waals surface area contributed by atoms with E-state index in [-0.39, 0.29) is 12.4 Å². The van der Waals surface area contributed by atoms with Crippen LogP contribution in [0, 0.1) is 5.82 Å². The molecule has 0 atom stereocenters. The molecule has 0 aliphatic carbocycles. The fourth-order valence-electron chi connectivity index (χ4n) is 2.54. The van der Waals surface area contributed by atoms with Crippen LogP contribution >= 0.6 is 0 Å². The Balaban J connectivity index is 1.92. The molecule has 4 nitrogen and oxygen atoms in total. The molecule has 1 aliphatic rings. The van der Waals surface area contributed by atoms with Crippen LogP contribution in [-0.2, 0) is 0 Å². The average Bonchev–Trinajstić information content (AvgIpc) is 2.54. The van der Waals surface area contributed by atoms with E-state index < -0.39 is 12.6 Å². The van der Waals surface area contributed by atoms with Crippen LogP contribution in [0.4, 0.5) is 23.2 Å². The molecule has 0 bridgehead atoms. The Morgan fingerprint density at radius 3 is 2.29 bits per heavy atom. The highest BCUT2D eigenvalue weighted by atomic mass is 19.4. The second-order valence-corrected chi connectivity index (χ2v) is 5.55. The zero-order valence-corrected chi connectivity index (χ0v) is 13.6. The van der Waals surface area contributed by atoms with Gasteiger partial charge in [-0.25, -0.2) is 4.39 Å². The number of benzene rings is 1. The first kappa shape index (κ1) is 18.4. The highest BCUT2D eigenvalue weighted by Crippen LogP contribution is 2.19. The van der Waals surface area contributed by atoms with Crippen molar-refractivity contribution in [3.05, 3.63) is 30.1 Å². The third kappa shape index (κ3) is 5.58. The fraction of sp³-hybridized carbons (Fsp3) is 0.562. The molecule has 0 amide bonds. The lowest BCUT2D eigenvalue weighted by Gasteiger charge is -2.37. The lowest BCUT2D eigenvalue weighted by atomic mass is 10.2. The van der Waals surface area contributed by atoms with Crippen LogP contribution < -0.4 is 10.2 Å². The smallest absolute Gasteiger partial charge is 0.368 e. The Morgan fingerprint density at radius 1 is 1.12 bits per heavy atom. The molecule has 0 spiro atoms. The van der Waals surface area contributed by atoms with E-state index in [0.29, 0.717) is 38.7 Å². The number of aliphatic imine (C=N–C) groups is 1. The van der Waals surface area contributed by atoms with Crippen LogP contribution in [0.1, 0.15) is 13.3 Å². The summed E-state index contributed by atoms with van der Waals surface area (Å²) < 4.78 is 49.8. The Hall–Kier alpha value is -1.99. The normalized spacial score (nSPS) is 16.5. The number of guanidine groups is 1. The number of hydrogen-bond donors (Lipinski definition) is 1. The summed E-state index contributed by atoms with van der Waals surface area (Å²) in [5.41, 5.74) is 0.940. The van der Waals surface area contributed by atoms with Crippen LogP contribution in [0.25, 0.3) is 0 Å². The summed E-state index contributed by atoms with van der Waals surface area (Å²) in [6.07, 6.45) is -5.11. The lowest BCUT2D eigenvalue weighted by molar-refractivity contribution is -0.132. The van der Waals surface area contributed by atoms with E-state index in [1.807, 2.05) is 11.8 Å². The third-order valence-corrected chi connectivity index (χ3v) is 3.76. The first-order valence-corrected chi connectivity index (χ1v) is 7.99. The second-order valence-electron chi connectivity index (χ2n) is 5.55. The van der Waals surface area contributed by atoms with E-state index in [9.17, 15) is 17.6 Å². The number of alkyl halides is 3. The monoisotopic (exact) mass is 346 g/mol. The molecule has 0 saturated carbocycles. The molecule has 0 radical (unpaired) electrons. The number of nitrogens with zero attached hydrogens (tertiary/aromatic N) is 3. The van der Waals surface area contributed by atoms with Gasteiger partial charge in [-0.05, 0) is 31.2 Å². The molecule has 1 aliphatic heterocycles. The summed E-state index contributed by atoms with van der Waals surface area (Å²) in [4.78, 5) is 8.15. The van der Waals surface area contributed by atoms with Gasteiger partial charge in [-0.15, -0.1) is 0 Å². The number of anilines is 1. The lowest BCUT2D eigenvalue weighted by Crippen LogP contribution is -2.52.